The van der Waals surface area contributed by atoms with Crippen LogP contribution >= 0.6 is 0 Å². The Labute approximate surface area is 107 Å². The van der Waals surface area contributed by atoms with Gasteiger partial charge in [-0.2, -0.15) is 10.2 Å². The zero-order valence-corrected chi connectivity index (χ0v) is 11.1. The summed E-state index contributed by atoms with van der Waals surface area (Å²) in [4.78, 5) is 0. The van der Waals surface area contributed by atoms with E-state index in [0.29, 0.717) is 0 Å². The highest BCUT2D eigenvalue weighted by molar-refractivity contribution is 5.20. The Morgan fingerprint density at radius 1 is 1.33 bits per heavy atom. The smallest absolute Gasteiger partial charge is 0.0540 e. The minimum Gasteiger partial charge on any atom is -0.273 e. The maximum Gasteiger partial charge on any atom is 0.0540 e. The van der Waals surface area contributed by atoms with E-state index in [1.165, 1.54) is 5.69 Å². The number of hydrazine groups is 1. The summed E-state index contributed by atoms with van der Waals surface area (Å²) in [7, 11) is 3.89. The molecule has 6 heteroatoms. The summed E-state index contributed by atoms with van der Waals surface area (Å²) in [6.45, 7) is 2.05. The van der Waals surface area contributed by atoms with Crippen molar-refractivity contribution in [2.24, 2.45) is 19.9 Å². The van der Waals surface area contributed by atoms with E-state index < -0.39 is 0 Å². The third-order valence-corrected chi connectivity index (χ3v) is 3.46. The van der Waals surface area contributed by atoms with Gasteiger partial charge in [-0.3, -0.25) is 20.6 Å². The van der Waals surface area contributed by atoms with Crippen LogP contribution in [0.5, 0.6) is 0 Å². The topological polar surface area (TPSA) is 73.7 Å². The highest BCUT2D eigenvalue weighted by Gasteiger charge is 2.15. The van der Waals surface area contributed by atoms with Crippen LogP contribution in [-0.2, 0) is 20.5 Å². The molecule has 1 unspecified atom stereocenters. The summed E-state index contributed by atoms with van der Waals surface area (Å²) in [5.74, 6) is 5.65. The Bertz CT molecular complexity index is 512. The van der Waals surface area contributed by atoms with Gasteiger partial charge < -0.3 is 0 Å². The molecular formula is C12H20N6. The van der Waals surface area contributed by atoms with E-state index in [0.717, 1.165) is 24.1 Å². The van der Waals surface area contributed by atoms with Gasteiger partial charge in [-0.05, 0) is 25.8 Å². The molecule has 2 aromatic heterocycles. The number of rotatable bonds is 5. The van der Waals surface area contributed by atoms with E-state index in [9.17, 15) is 0 Å². The molecule has 6 nitrogen and oxygen atoms in total. The molecule has 0 radical (unpaired) electrons. The molecule has 0 spiro atoms. The molecule has 2 rings (SSSR count). The normalized spacial score (nSPS) is 12.9. The molecule has 0 aliphatic rings. The molecule has 98 valence electrons. The summed E-state index contributed by atoms with van der Waals surface area (Å²) in [6.07, 6.45) is 5.54. The molecule has 3 N–H and O–H groups in total. The lowest BCUT2D eigenvalue weighted by atomic mass is 10.0. The first-order chi connectivity index (χ1) is 8.63. The number of hydrogen-bond donors (Lipinski definition) is 2. The third-order valence-electron chi connectivity index (χ3n) is 3.46. The van der Waals surface area contributed by atoms with Gasteiger partial charge in [0, 0.05) is 43.3 Å². The van der Waals surface area contributed by atoms with Crippen LogP contribution in [0.4, 0.5) is 0 Å². The van der Waals surface area contributed by atoms with Crippen molar-refractivity contribution >= 4 is 0 Å². The second-order valence-electron chi connectivity index (χ2n) is 4.51. The Balaban J connectivity index is 2.06. The maximum atomic E-state index is 5.65. The number of hydrogen-bond acceptors (Lipinski definition) is 4. The average Bonchev–Trinajstić information content (AvgIpc) is 2.90. The molecule has 0 aliphatic carbocycles. The molecule has 18 heavy (non-hydrogen) atoms. The van der Waals surface area contributed by atoms with Crippen LogP contribution in [0, 0.1) is 6.92 Å². The zero-order valence-electron chi connectivity index (χ0n) is 11.1. The minimum absolute atomic E-state index is 0.119. The van der Waals surface area contributed by atoms with Crippen molar-refractivity contribution in [3.63, 3.8) is 0 Å². The molecular weight excluding hydrogens is 228 g/mol. The number of nitrogens with two attached hydrogens (primary N) is 1. The number of nitrogens with one attached hydrogen (secondary N) is 1. The van der Waals surface area contributed by atoms with Gasteiger partial charge in [-0.25, -0.2) is 0 Å². The van der Waals surface area contributed by atoms with E-state index in [4.69, 9.17) is 5.84 Å². The van der Waals surface area contributed by atoms with Gasteiger partial charge in [0.2, 0.25) is 0 Å². The fourth-order valence-electron chi connectivity index (χ4n) is 2.13. The monoisotopic (exact) mass is 248 g/mol. The third kappa shape index (κ3) is 2.44. The van der Waals surface area contributed by atoms with E-state index in [-0.39, 0.29) is 6.04 Å². The Kier molecular flexibility index (Phi) is 3.78. The highest BCUT2D eigenvalue weighted by Crippen LogP contribution is 2.21. The predicted octanol–water partition coefficient (Wildman–Crippen LogP) is 0.599. The summed E-state index contributed by atoms with van der Waals surface area (Å²) >= 11 is 0. The average molecular weight is 248 g/mol. The van der Waals surface area contributed by atoms with Crippen LogP contribution in [0.25, 0.3) is 0 Å². The van der Waals surface area contributed by atoms with Crippen molar-refractivity contribution in [3.8, 4) is 0 Å². The number of nitrogens with zero attached hydrogens (tertiary/aromatic N) is 4. The van der Waals surface area contributed by atoms with Crippen LogP contribution in [-0.4, -0.2) is 19.6 Å². The molecule has 2 aromatic rings. The van der Waals surface area contributed by atoms with Gasteiger partial charge in [-0.15, -0.1) is 0 Å². The Hall–Kier alpha value is -1.66. The van der Waals surface area contributed by atoms with Crippen molar-refractivity contribution in [2.75, 3.05) is 0 Å². The van der Waals surface area contributed by atoms with E-state index in [1.807, 2.05) is 41.9 Å². The minimum atomic E-state index is 0.119. The Morgan fingerprint density at radius 3 is 2.61 bits per heavy atom. The molecule has 0 bridgehead atoms. The second kappa shape index (κ2) is 5.32. The molecule has 0 saturated heterocycles. The van der Waals surface area contributed by atoms with Crippen LogP contribution in [0.15, 0.2) is 18.5 Å². The summed E-state index contributed by atoms with van der Waals surface area (Å²) in [5.41, 5.74) is 6.37. The molecule has 0 fully saturated rings. The van der Waals surface area contributed by atoms with Crippen molar-refractivity contribution < 1.29 is 0 Å². The summed E-state index contributed by atoms with van der Waals surface area (Å²) in [5, 5.41) is 8.41. The molecule has 0 aromatic carbocycles. The largest absolute Gasteiger partial charge is 0.273 e. The second-order valence-corrected chi connectivity index (χ2v) is 4.51. The zero-order chi connectivity index (χ0) is 13.1. The molecule has 0 aliphatic heterocycles. The summed E-state index contributed by atoms with van der Waals surface area (Å²) < 4.78 is 3.76. The first kappa shape index (κ1) is 12.8. The fourth-order valence-corrected chi connectivity index (χ4v) is 2.13. The molecule has 1 atom stereocenters. The van der Waals surface area contributed by atoms with E-state index in [2.05, 4.69) is 22.5 Å². The van der Waals surface area contributed by atoms with Crippen molar-refractivity contribution in [1.82, 2.24) is 25.0 Å². The van der Waals surface area contributed by atoms with Crippen LogP contribution < -0.4 is 11.3 Å². The van der Waals surface area contributed by atoms with Crippen molar-refractivity contribution in [2.45, 2.75) is 25.8 Å². The number of aryl methyl sites for hydroxylation is 3. The Morgan fingerprint density at radius 2 is 2.11 bits per heavy atom. The van der Waals surface area contributed by atoms with Gasteiger partial charge in [-0.1, -0.05) is 0 Å². The predicted molar refractivity (Wildman–Crippen MR) is 69.5 cm³/mol. The van der Waals surface area contributed by atoms with Gasteiger partial charge >= 0.3 is 0 Å². The van der Waals surface area contributed by atoms with Crippen LogP contribution in [0.2, 0.25) is 0 Å². The van der Waals surface area contributed by atoms with Crippen LogP contribution in [0.1, 0.15) is 29.4 Å². The molecule has 0 amide bonds. The number of aromatic nitrogens is 4. The van der Waals surface area contributed by atoms with Crippen molar-refractivity contribution in [3.05, 3.63) is 35.4 Å². The lowest BCUT2D eigenvalue weighted by molar-refractivity contribution is 0.504. The quantitative estimate of drug-likeness (QED) is 0.600. The van der Waals surface area contributed by atoms with Gasteiger partial charge in [0.05, 0.1) is 6.20 Å². The van der Waals surface area contributed by atoms with Gasteiger partial charge in [0.1, 0.15) is 0 Å². The van der Waals surface area contributed by atoms with Gasteiger partial charge in [0.25, 0.3) is 0 Å². The van der Waals surface area contributed by atoms with E-state index in [1.54, 1.807) is 0 Å². The molecule has 2 heterocycles. The van der Waals surface area contributed by atoms with Crippen LogP contribution in [0.3, 0.4) is 0 Å². The SMILES string of the molecule is Cc1c(C(CCc2ccnn2C)NN)cnn1C. The van der Waals surface area contributed by atoms with Crippen molar-refractivity contribution in [1.29, 1.82) is 0 Å². The first-order valence-electron chi connectivity index (χ1n) is 6.05. The van der Waals surface area contributed by atoms with E-state index >= 15 is 0 Å². The summed E-state index contributed by atoms with van der Waals surface area (Å²) in [6, 6.07) is 2.15. The first-order valence-corrected chi connectivity index (χ1v) is 6.05. The fraction of sp³-hybridized carbons (Fsp3) is 0.500. The van der Waals surface area contributed by atoms with Gasteiger partial charge in [0.15, 0.2) is 0 Å². The maximum absolute atomic E-state index is 5.65. The lowest BCUT2D eigenvalue weighted by Crippen LogP contribution is -2.29. The molecule has 0 saturated carbocycles. The lowest BCUT2D eigenvalue weighted by Gasteiger charge is -2.15. The standard InChI is InChI=1S/C12H20N6/c1-9-11(8-15-17(9)2)12(16-13)5-4-10-6-7-14-18(10)3/h6-8,12,16H,4-5,13H2,1-3H3. The highest BCUT2D eigenvalue weighted by atomic mass is 15.3.